The van der Waals surface area contributed by atoms with Crippen molar-refractivity contribution in [1.82, 2.24) is 0 Å². The Kier molecular flexibility index (Phi) is 11.0. The summed E-state index contributed by atoms with van der Waals surface area (Å²) in [6.07, 6.45) is 4.86. The molecule has 8 heteroatoms. The number of ether oxygens (including phenoxy) is 1. The molecule has 7 N–H and O–H groups in total. The third kappa shape index (κ3) is 8.69. The van der Waals surface area contributed by atoms with Crippen LogP contribution >= 0.6 is 0 Å². The number of hydrogen-bond donors (Lipinski definition) is 6. The third-order valence-corrected chi connectivity index (χ3v) is 3.56. The Morgan fingerprint density at radius 3 is 2.11 bits per heavy atom. The van der Waals surface area contributed by atoms with Crippen molar-refractivity contribution < 1.29 is 35.1 Å². The molecule has 0 aliphatic carbocycles. The molecular formula is C19H29NO7. The second kappa shape index (κ2) is 12.1. The molecule has 1 rings (SSSR count). The van der Waals surface area contributed by atoms with E-state index in [0.29, 0.717) is 23.3 Å². The highest BCUT2D eigenvalue weighted by molar-refractivity contribution is 5.86. The fourth-order valence-corrected chi connectivity index (χ4v) is 1.78. The fourth-order valence-electron chi connectivity index (χ4n) is 1.78. The minimum atomic E-state index is -1.21. The number of carboxylic acid groups (broad SMARTS) is 1. The molecule has 0 bridgehead atoms. The standard InChI is InChI=1S/C15H18O4.C4H11NO3/c1-10(2)4-7-12-13(19-3)8-5-11(15(12)18)6-9-14(16)17;5-4(1-6,2-7)3-8/h4-6,8-9,18H,7H2,1-3H3,(H,16,17);6-8H,1-3,5H2/b9-6+;. The molecule has 0 heterocycles. The number of phenolic OH excluding ortho intramolecular Hbond substituents is 1. The van der Waals surface area contributed by atoms with E-state index >= 15 is 0 Å². The Morgan fingerprint density at radius 1 is 1.19 bits per heavy atom. The molecule has 1 aromatic carbocycles. The Labute approximate surface area is 158 Å². The quantitative estimate of drug-likeness (QED) is 0.283. The number of aliphatic hydroxyl groups is 3. The molecule has 0 spiro atoms. The van der Waals surface area contributed by atoms with Gasteiger partial charge in [0.2, 0.25) is 0 Å². The number of hydrogen-bond acceptors (Lipinski definition) is 7. The summed E-state index contributed by atoms with van der Waals surface area (Å²) in [7, 11) is 1.54. The summed E-state index contributed by atoms with van der Waals surface area (Å²) in [5.41, 5.74) is 6.18. The fraction of sp³-hybridized carbons (Fsp3) is 0.421. The molecule has 0 saturated carbocycles. The van der Waals surface area contributed by atoms with Crippen LogP contribution in [0.5, 0.6) is 11.5 Å². The summed E-state index contributed by atoms with van der Waals surface area (Å²) in [5.74, 6) is -0.419. The Balaban J connectivity index is 0.000000713. The zero-order valence-corrected chi connectivity index (χ0v) is 15.8. The first-order valence-corrected chi connectivity index (χ1v) is 8.18. The van der Waals surface area contributed by atoms with Crippen molar-refractivity contribution in [3.63, 3.8) is 0 Å². The average molecular weight is 383 g/mol. The molecule has 1 aromatic rings. The van der Waals surface area contributed by atoms with Gasteiger partial charge in [-0.15, -0.1) is 0 Å². The predicted octanol–water partition coefficient (Wildman–Crippen LogP) is 0.668. The lowest BCUT2D eigenvalue weighted by Gasteiger charge is -2.20. The summed E-state index contributed by atoms with van der Waals surface area (Å²) >= 11 is 0. The Morgan fingerprint density at radius 2 is 1.74 bits per heavy atom. The molecule has 0 aliphatic rings. The number of aromatic hydroxyl groups is 1. The highest BCUT2D eigenvalue weighted by atomic mass is 16.5. The van der Waals surface area contributed by atoms with Crippen molar-refractivity contribution >= 4 is 12.0 Å². The lowest BCUT2D eigenvalue weighted by atomic mass is 10.0. The highest BCUT2D eigenvalue weighted by Gasteiger charge is 2.20. The summed E-state index contributed by atoms with van der Waals surface area (Å²) < 4.78 is 5.21. The van der Waals surface area contributed by atoms with Crippen LogP contribution in [0.1, 0.15) is 25.0 Å². The van der Waals surface area contributed by atoms with Gasteiger partial charge in [0, 0.05) is 17.2 Å². The van der Waals surface area contributed by atoms with Crippen LogP contribution in [0, 0.1) is 0 Å². The van der Waals surface area contributed by atoms with Crippen LogP contribution in [-0.2, 0) is 11.2 Å². The van der Waals surface area contributed by atoms with Crippen molar-refractivity contribution in [3.8, 4) is 11.5 Å². The van der Waals surface area contributed by atoms with Crippen LogP contribution in [0.3, 0.4) is 0 Å². The van der Waals surface area contributed by atoms with E-state index in [2.05, 4.69) is 0 Å². The number of allylic oxidation sites excluding steroid dienone is 2. The average Bonchev–Trinajstić information content (AvgIpc) is 2.65. The van der Waals surface area contributed by atoms with E-state index in [9.17, 15) is 9.90 Å². The maximum Gasteiger partial charge on any atom is 0.328 e. The second-order valence-corrected chi connectivity index (χ2v) is 6.18. The van der Waals surface area contributed by atoms with Crippen molar-refractivity contribution in [1.29, 1.82) is 0 Å². The number of aliphatic carboxylic acids is 1. The van der Waals surface area contributed by atoms with E-state index in [0.717, 1.165) is 11.6 Å². The molecule has 0 unspecified atom stereocenters. The molecule has 0 radical (unpaired) electrons. The number of phenols is 1. The Hall–Kier alpha value is -2.39. The maximum absolute atomic E-state index is 10.5. The van der Waals surface area contributed by atoms with Gasteiger partial charge >= 0.3 is 5.97 Å². The molecule has 152 valence electrons. The molecule has 27 heavy (non-hydrogen) atoms. The molecule has 8 nitrogen and oxygen atoms in total. The van der Waals surface area contributed by atoms with Gasteiger partial charge in [0.15, 0.2) is 0 Å². The second-order valence-electron chi connectivity index (χ2n) is 6.18. The van der Waals surface area contributed by atoms with Gasteiger partial charge in [0.05, 0.1) is 32.5 Å². The van der Waals surface area contributed by atoms with E-state index in [-0.39, 0.29) is 5.75 Å². The van der Waals surface area contributed by atoms with Crippen LogP contribution in [0.2, 0.25) is 0 Å². The van der Waals surface area contributed by atoms with E-state index in [1.54, 1.807) is 12.1 Å². The SMILES string of the molecule is COc1ccc(/C=C/C(=O)O)c(O)c1CC=C(C)C.NC(CO)(CO)CO. The number of nitrogens with two attached hydrogens (primary N) is 1. The lowest BCUT2D eigenvalue weighted by molar-refractivity contribution is -0.131. The van der Waals surface area contributed by atoms with E-state index in [4.69, 9.17) is 30.9 Å². The molecule has 0 saturated heterocycles. The molecule has 0 aliphatic heterocycles. The van der Waals surface area contributed by atoms with Crippen molar-refractivity contribution in [2.45, 2.75) is 25.8 Å². The van der Waals surface area contributed by atoms with Gasteiger partial charge in [-0.2, -0.15) is 0 Å². The first-order chi connectivity index (χ1) is 12.6. The van der Waals surface area contributed by atoms with Crippen LogP contribution in [0.15, 0.2) is 29.9 Å². The zero-order valence-electron chi connectivity index (χ0n) is 15.8. The van der Waals surface area contributed by atoms with Crippen LogP contribution < -0.4 is 10.5 Å². The number of carbonyl (C=O) groups is 1. The summed E-state index contributed by atoms with van der Waals surface area (Å²) in [6, 6.07) is 3.34. The summed E-state index contributed by atoms with van der Waals surface area (Å²) in [5, 5.41) is 43.8. The van der Waals surface area contributed by atoms with Crippen LogP contribution in [-0.4, -0.2) is 64.0 Å². The number of methoxy groups -OCH3 is 1. The highest BCUT2D eigenvalue weighted by Crippen LogP contribution is 2.33. The molecule has 0 aromatic heterocycles. The number of rotatable bonds is 8. The van der Waals surface area contributed by atoms with E-state index in [1.807, 2.05) is 19.9 Å². The van der Waals surface area contributed by atoms with Crippen molar-refractivity contribution in [2.75, 3.05) is 26.9 Å². The topological polar surface area (TPSA) is 153 Å². The number of aliphatic hydroxyl groups excluding tert-OH is 3. The van der Waals surface area contributed by atoms with Gasteiger partial charge < -0.3 is 36.0 Å². The predicted molar refractivity (Wildman–Crippen MR) is 103 cm³/mol. The van der Waals surface area contributed by atoms with Gasteiger partial charge in [0.25, 0.3) is 0 Å². The minimum Gasteiger partial charge on any atom is -0.507 e. The van der Waals surface area contributed by atoms with Gasteiger partial charge in [-0.05, 0) is 38.5 Å². The van der Waals surface area contributed by atoms with E-state index < -0.39 is 31.3 Å². The van der Waals surface area contributed by atoms with Gasteiger partial charge in [-0.1, -0.05) is 11.6 Å². The molecule has 0 amide bonds. The van der Waals surface area contributed by atoms with E-state index in [1.165, 1.54) is 13.2 Å². The zero-order chi connectivity index (χ0) is 21.0. The van der Waals surface area contributed by atoms with Gasteiger partial charge in [-0.25, -0.2) is 4.79 Å². The third-order valence-electron chi connectivity index (χ3n) is 3.56. The summed E-state index contributed by atoms with van der Waals surface area (Å²) in [6.45, 7) is 2.73. The maximum atomic E-state index is 10.5. The lowest BCUT2D eigenvalue weighted by Crippen LogP contribution is -2.50. The first kappa shape index (κ1) is 24.6. The first-order valence-electron chi connectivity index (χ1n) is 8.18. The smallest absolute Gasteiger partial charge is 0.328 e. The van der Waals surface area contributed by atoms with Crippen LogP contribution in [0.4, 0.5) is 0 Å². The van der Waals surface area contributed by atoms with Crippen molar-refractivity contribution in [2.24, 2.45) is 5.73 Å². The van der Waals surface area contributed by atoms with Crippen molar-refractivity contribution in [3.05, 3.63) is 41.0 Å². The minimum absolute atomic E-state index is 0.0503. The van der Waals surface area contributed by atoms with Crippen LogP contribution in [0.25, 0.3) is 6.08 Å². The largest absolute Gasteiger partial charge is 0.507 e. The molecular weight excluding hydrogens is 354 g/mol. The van der Waals surface area contributed by atoms with Gasteiger partial charge in [0.1, 0.15) is 11.5 Å². The number of carboxylic acids is 1. The monoisotopic (exact) mass is 383 g/mol. The van der Waals surface area contributed by atoms with Gasteiger partial charge in [-0.3, -0.25) is 0 Å². The normalized spacial score (nSPS) is 10.9. The Bertz CT molecular complexity index is 652. The number of benzene rings is 1. The molecule has 0 fully saturated rings. The molecule has 0 atom stereocenters. The summed E-state index contributed by atoms with van der Waals surface area (Å²) in [4.78, 5) is 10.5.